The standard InChI is InChI=1S/C18H21N3O3S/c1-25(23,24)20(14-15-6-10-19-11-7-15)12-9-18(22)21-13-8-16-4-2-3-5-17(16)21/h2-7,10-11H,8-9,12-14H2,1H3. The minimum Gasteiger partial charge on any atom is -0.312 e. The second kappa shape index (κ2) is 7.33. The van der Waals surface area contributed by atoms with Gasteiger partial charge in [0.25, 0.3) is 0 Å². The number of carbonyl (C=O) groups is 1. The number of amides is 1. The van der Waals surface area contributed by atoms with E-state index >= 15 is 0 Å². The fourth-order valence-corrected chi connectivity index (χ4v) is 3.81. The molecular weight excluding hydrogens is 338 g/mol. The maximum atomic E-state index is 12.6. The fraction of sp³-hybridized carbons (Fsp3) is 0.333. The molecule has 1 aliphatic heterocycles. The molecule has 2 aromatic rings. The Morgan fingerprint density at radius 3 is 2.64 bits per heavy atom. The summed E-state index contributed by atoms with van der Waals surface area (Å²) in [6.45, 7) is 1.06. The Hall–Kier alpha value is -2.25. The summed E-state index contributed by atoms with van der Waals surface area (Å²) in [5, 5.41) is 0. The Balaban J connectivity index is 1.66. The van der Waals surface area contributed by atoms with Crippen LogP contribution in [0.25, 0.3) is 0 Å². The lowest BCUT2D eigenvalue weighted by molar-refractivity contribution is -0.118. The smallest absolute Gasteiger partial charge is 0.228 e. The number of anilines is 1. The number of hydrogen-bond donors (Lipinski definition) is 0. The van der Waals surface area contributed by atoms with Gasteiger partial charge in [0.05, 0.1) is 6.26 Å². The monoisotopic (exact) mass is 359 g/mol. The maximum absolute atomic E-state index is 12.6. The van der Waals surface area contributed by atoms with Crippen molar-refractivity contribution >= 4 is 21.6 Å². The number of benzene rings is 1. The van der Waals surface area contributed by atoms with E-state index in [1.165, 1.54) is 10.6 Å². The lowest BCUT2D eigenvalue weighted by atomic mass is 10.2. The van der Waals surface area contributed by atoms with E-state index in [2.05, 4.69) is 4.98 Å². The van der Waals surface area contributed by atoms with Crippen LogP contribution < -0.4 is 4.90 Å². The molecule has 0 fully saturated rings. The molecule has 7 heteroatoms. The first-order chi connectivity index (χ1) is 11.9. The summed E-state index contributed by atoms with van der Waals surface area (Å²) in [5.74, 6) is -0.0478. The van der Waals surface area contributed by atoms with Gasteiger partial charge in [-0.25, -0.2) is 8.42 Å². The average Bonchev–Trinajstić information content (AvgIpc) is 3.02. The van der Waals surface area contributed by atoms with Gasteiger partial charge in [-0.15, -0.1) is 0 Å². The molecule has 0 saturated carbocycles. The molecule has 1 aromatic carbocycles. The molecule has 0 unspecified atom stereocenters. The van der Waals surface area contributed by atoms with E-state index in [0.29, 0.717) is 6.54 Å². The van der Waals surface area contributed by atoms with Crippen LogP contribution in [0.15, 0.2) is 48.8 Å². The van der Waals surface area contributed by atoms with Crippen LogP contribution in [0.5, 0.6) is 0 Å². The van der Waals surface area contributed by atoms with Gasteiger partial charge in [-0.05, 0) is 35.7 Å². The minimum absolute atomic E-state index is 0.0478. The number of carbonyl (C=O) groups excluding carboxylic acids is 1. The van der Waals surface area contributed by atoms with E-state index in [1.807, 2.05) is 24.3 Å². The van der Waals surface area contributed by atoms with Crippen LogP contribution in [-0.2, 0) is 27.8 Å². The van der Waals surface area contributed by atoms with Crippen molar-refractivity contribution in [3.8, 4) is 0 Å². The Morgan fingerprint density at radius 2 is 1.92 bits per heavy atom. The van der Waals surface area contributed by atoms with Crippen molar-refractivity contribution in [2.75, 3.05) is 24.2 Å². The summed E-state index contributed by atoms with van der Waals surface area (Å²) >= 11 is 0. The van der Waals surface area contributed by atoms with Crippen LogP contribution >= 0.6 is 0 Å². The quantitative estimate of drug-likeness (QED) is 0.789. The van der Waals surface area contributed by atoms with Crippen LogP contribution in [-0.4, -0.2) is 43.0 Å². The van der Waals surface area contributed by atoms with Crippen LogP contribution in [0.3, 0.4) is 0 Å². The van der Waals surface area contributed by atoms with E-state index in [4.69, 9.17) is 0 Å². The van der Waals surface area contributed by atoms with E-state index < -0.39 is 10.0 Å². The Labute approximate surface area is 148 Å². The van der Waals surface area contributed by atoms with Gasteiger partial charge in [0, 0.05) is 44.1 Å². The van der Waals surface area contributed by atoms with Crippen LogP contribution in [0.4, 0.5) is 5.69 Å². The largest absolute Gasteiger partial charge is 0.312 e. The van der Waals surface area contributed by atoms with Gasteiger partial charge in [-0.2, -0.15) is 4.31 Å². The van der Waals surface area contributed by atoms with E-state index in [1.54, 1.807) is 29.4 Å². The second-order valence-electron chi connectivity index (χ2n) is 6.13. The average molecular weight is 359 g/mol. The highest BCUT2D eigenvalue weighted by molar-refractivity contribution is 7.88. The first-order valence-electron chi connectivity index (χ1n) is 8.17. The zero-order valence-corrected chi connectivity index (χ0v) is 14.9. The first-order valence-corrected chi connectivity index (χ1v) is 10.0. The van der Waals surface area contributed by atoms with Crippen molar-refractivity contribution in [2.45, 2.75) is 19.4 Å². The molecule has 0 aliphatic carbocycles. The Morgan fingerprint density at radius 1 is 1.20 bits per heavy atom. The number of aromatic nitrogens is 1. The third-order valence-corrected chi connectivity index (χ3v) is 5.59. The maximum Gasteiger partial charge on any atom is 0.228 e. The normalized spacial score (nSPS) is 13.9. The fourth-order valence-electron chi connectivity index (χ4n) is 3.01. The molecule has 1 aromatic heterocycles. The molecule has 0 saturated heterocycles. The summed E-state index contributed by atoms with van der Waals surface area (Å²) < 4.78 is 25.4. The molecule has 0 bridgehead atoms. The van der Waals surface area contributed by atoms with Gasteiger partial charge in [-0.3, -0.25) is 9.78 Å². The Kier molecular flexibility index (Phi) is 5.15. The lowest BCUT2D eigenvalue weighted by Crippen LogP contribution is -2.35. The molecule has 132 valence electrons. The summed E-state index contributed by atoms with van der Waals surface area (Å²) in [5.41, 5.74) is 2.94. The molecule has 1 aliphatic rings. The molecule has 0 radical (unpaired) electrons. The first kappa shape index (κ1) is 17.6. The number of pyridine rings is 1. The lowest BCUT2D eigenvalue weighted by Gasteiger charge is -2.22. The highest BCUT2D eigenvalue weighted by Gasteiger charge is 2.25. The highest BCUT2D eigenvalue weighted by atomic mass is 32.2. The minimum atomic E-state index is -3.40. The number of sulfonamides is 1. The Bertz CT molecular complexity index is 853. The molecule has 0 spiro atoms. The molecule has 3 rings (SSSR count). The van der Waals surface area contributed by atoms with E-state index in [0.717, 1.165) is 23.2 Å². The molecule has 1 amide bonds. The third kappa shape index (κ3) is 4.24. The third-order valence-electron chi connectivity index (χ3n) is 4.34. The number of para-hydroxylation sites is 1. The second-order valence-corrected chi connectivity index (χ2v) is 8.11. The summed E-state index contributed by atoms with van der Waals surface area (Å²) in [7, 11) is -3.40. The van der Waals surface area contributed by atoms with E-state index in [9.17, 15) is 13.2 Å². The number of rotatable bonds is 6. The predicted octanol–water partition coefficient (Wildman–Crippen LogP) is 1.82. The van der Waals surface area contributed by atoms with Gasteiger partial charge < -0.3 is 4.90 Å². The van der Waals surface area contributed by atoms with Crippen LogP contribution in [0.1, 0.15) is 17.5 Å². The summed E-state index contributed by atoms with van der Waals surface area (Å²) in [6, 6.07) is 11.4. The zero-order chi connectivity index (χ0) is 17.9. The van der Waals surface area contributed by atoms with Crippen molar-refractivity contribution in [1.29, 1.82) is 0 Å². The molecule has 0 N–H and O–H groups in total. The number of fused-ring (bicyclic) bond motifs is 1. The van der Waals surface area contributed by atoms with Gasteiger partial charge in [0.15, 0.2) is 0 Å². The molecule has 6 nitrogen and oxygen atoms in total. The van der Waals surface area contributed by atoms with Crippen molar-refractivity contribution in [3.63, 3.8) is 0 Å². The van der Waals surface area contributed by atoms with Gasteiger partial charge in [0.2, 0.25) is 15.9 Å². The molecule has 25 heavy (non-hydrogen) atoms. The van der Waals surface area contributed by atoms with Gasteiger partial charge in [-0.1, -0.05) is 18.2 Å². The van der Waals surface area contributed by atoms with Gasteiger partial charge in [0.1, 0.15) is 0 Å². The summed E-state index contributed by atoms with van der Waals surface area (Å²) in [4.78, 5) is 18.3. The molecule has 2 heterocycles. The molecule has 0 atom stereocenters. The van der Waals surface area contributed by atoms with E-state index in [-0.39, 0.29) is 25.4 Å². The van der Waals surface area contributed by atoms with Crippen LogP contribution in [0, 0.1) is 0 Å². The highest BCUT2D eigenvalue weighted by Crippen LogP contribution is 2.28. The SMILES string of the molecule is CS(=O)(=O)N(CCC(=O)N1CCc2ccccc21)Cc1ccncc1. The number of nitrogens with zero attached hydrogens (tertiary/aromatic N) is 3. The van der Waals surface area contributed by atoms with Crippen molar-refractivity contribution in [2.24, 2.45) is 0 Å². The predicted molar refractivity (Wildman–Crippen MR) is 96.6 cm³/mol. The van der Waals surface area contributed by atoms with Crippen molar-refractivity contribution in [1.82, 2.24) is 9.29 Å². The number of hydrogen-bond acceptors (Lipinski definition) is 4. The topological polar surface area (TPSA) is 70.6 Å². The van der Waals surface area contributed by atoms with Crippen LogP contribution in [0.2, 0.25) is 0 Å². The zero-order valence-electron chi connectivity index (χ0n) is 14.1. The van der Waals surface area contributed by atoms with Crippen molar-refractivity contribution < 1.29 is 13.2 Å². The summed E-state index contributed by atoms with van der Waals surface area (Å²) in [6.07, 6.45) is 5.43. The van der Waals surface area contributed by atoms with Crippen molar-refractivity contribution in [3.05, 3.63) is 59.9 Å². The molecular formula is C18H21N3O3S. The van der Waals surface area contributed by atoms with Gasteiger partial charge >= 0.3 is 0 Å².